The Kier molecular flexibility index (Phi) is 3.82. The number of hydrogen-bond donors (Lipinski definition) is 1. The van der Waals surface area contributed by atoms with E-state index in [1.54, 1.807) is 31.2 Å². The molecule has 0 fully saturated rings. The monoisotopic (exact) mass is 274 g/mol. The van der Waals surface area contributed by atoms with E-state index < -0.39 is 11.2 Å². The summed E-state index contributed by atoms with van der Waals surface area (Å²) in [6.07, 6.45) is 0. The highest BCUT2D eigenvalue weighted by Gasteiger charge is 2.16. The van der Waals surface area contributed by atoms with E-state index in [0.717, 1.165) is 11.8 Å². The second kappa shape index (κ2) is 5.54. The zero-order valence-corrected chi connectivity index (χ0v) is 10.8. The highest BCUT2D eigenvalue weighted by atomic mass is 32.2. The van der Waals surface area contributed by atoms with Crippen molar-refractivity contribution in [3.63, 3.8) is 0 Å². The lowest BCUT2D eigenvalue weighted by Crippen LogP contribution is -2.22. The van der Waals surface area contributed by atoms with E-state index in [9.17, 15) is 4.79 Å². The van der Waals surface area contributed by atoms with E-state index in [0.29, 0.717) is 17.0 Å². The minimum atomic E-state index is -0.442. The third-order valence-corrected chi connectivity index (χ3v) is 3.30. The third-order valence-electron chi connectivity index (χ3n) is 2.35. The summed E-state index contributed by atoms with van der Waals surface area (Å²) in [4.78, 5) is 10.9. The SMILES string of the molecule is C[C@H](Sc1nnc(-c2ccc(C#N)cc2)o1)C(N)=O. The first-order valence-corrected chi connectivity index (χ1v) is 6.28. The van der Waals surface area contributed by atoms with Gasteiger partial charge in [0.15, 0.2) is 0 Å². The van der Waals surface area contributed by atoms with Crippen LogP contribution >= 0.6 is 11.8 Å². The largest absolute Gasteiger partial charge is 0.411 e. The lowest BCUT2D eigenvalue weighted by molar-refractivity contribution is -0.117. The summed E-state index contributed by atoms with van der Waals surface area (Å²) in [5.74, 6) is -0.105. The molecule has 1 heterocycles. The first-order chi connectivity index (χ1) is 9.10. The number of hydrogen-bond acceptors (Lipinski definition) is 6. The van der Waals surface area contributed by atoms with Crippen molar-refractivity contribution in [1.29, 1.82) is 5.26 Å². The lowest BCUT2D eigenvalue weighted by atomic mass is 10.1. The fraction of sp³-hybridized carbons (Fsp3) is 0.167. The number of nitriles is 1. The van der Waals surface area contributed by atoms with Crippen LogP contribution in [0, 0.1) is 11.3 Å². The summed E-state index contributed by atoms with van der Waals surface area (Å²) in [5.41, 5.74) is 6.42. The maximum Gasteiger partial charge on any atom is 0.277 e. The maximum atomic E-state index is 10.9. The number of aromatic nitrogens is 2. The van der Waals surface area contributed by atoms with E-state index >= 15 is 0 Å². The van der Waals surface area contributed by atoms with Gasteiger partial charge < -0.3 is 10.2 Å². The Labute approximate surface area is 113 Å². The molecule has 0 aliphatic heterocycles. The van der Waals surface area contributed by atoms with Crippen molar-refractivity contribution in [3.8, 4) is 17.5 Å². The second-order valence-electron chi connectivity index (χ2n) is 3.72. The van der Waals surface area contributed by atoms with Crippen molar-refractivity contribution < 1.29 is 9.21 Å². The van der Waals surface area contributed by atoms with Crippen LogP contribution in [0.15, 0.2) is 33.9 Å². The lowest BCUT2D eigenvalue weighted by Gasteiger charge is -2.00. The van der Waals surface area contributed by atoms with Crippen molar-refractivity contribution in [2.45, 2.75) is 17.4 Å². The number of primary amides is 1. The van der Waals surface area contributed by atoms with Crippen molar-refractivity contribution in [1.82, 2.24) is 10.2 Å². The topological polar surface area (TPSA) is 106 Å². The van der Waals surface area contributed by atoms with Crippen LogP contribution in [0.5, 0.6) is 0 Å². The average Bonchev–Trinajstić information content (AvgIpc) is 2.87. The molecular formula is C12H10N4O2S. The molecule has 1 amide bonds. The molecular weight excluding hydrogens is 264 g/mol. The van der Waals surface area contributed by atoms with Gasteiger partial charge in [-0.2, -0.15) is 5.26 Å². The molecule has 0 aliphatic rings. The van der Waals surface area contributed by atoms with Gasteiger partial charge >= 0.3 is 0 Å². The molecule has 7 heteroatoms. The molecule has 0 unspecified atom stereocenters. The molecule has 0 radical (unpaired) electrons. The number of thioether (sulfide) groups is 1. The zero-order valence-electron chi connectivity index (χ0n) is 10.0. The zero-order chi connectivity index (χ0) is 13.8. The molecule has 0 aliphatic carbocycles. The van der Waals surface area contributed by atoms with Gasteiger partial charge in [-0.3, -0.25) is 4.79 Å². The van der Waals surface area contributed by atoms with Gasteiger partial charge in [0.2, 0.25) is 11.8 Å². The Bertz CT molecular complexity index is 630. The molecule has 96 valence electrons. The number of carbonyl (C=O) groups is 1. The normalized spacial score (nSPS) is 11.8. The molecule has 2 aromatic rings. The van der Waals surface area contributed by atoms with Gasteiger partial charge in [-0.05, 0) is 31.2 Å². The molecule has 6 nitrogen and oxygen atoms in total. The van der Waals surface area contributed by atoms with Gasteiger partial charge in [0.05, 0.1) is 16.9 Å². The standard InChI is InChI=1S/C12H10N4O2S/c1-7(10(14)17)19-12-16-15-11(18-12)9-4-2-8(6-13)3-5-9/h2-5,7H,1H3,(H2,14,17)/t7-/m0/s1. The summed E-state index contributed by atoms with van der Waals surface area (Å²) in [5, 5.41) is 16.3. The number of rotatable bonds is 4. The smallest absolute Gasteiger partial charge is 0.277 e. The number of nitrogens with zero attached hydrogens (tertiary/aromatic N) is 3. The highest BCUT2D eigenvalue weighted by molar-refractivity contribution is 8.00. The van der Waals surface area contributed by atoms with Gasteiger partial charge in [0.1, 0.15) is 0 Å². The predicted octanol–water partition coefficient (Wildman–Crippen LogP) is 1.57. The fourth-order valence-electron chi connectivity index (χ4n) is 1.27. The molecule has 2 N–H and O–H groups in total. The number of nitrogens with two attached hydrogens (primary N) is 1. The first-order valence-electron chi connectivity index (χ1n) is 5.40. The number of benzene rings is 1. The summed E-state index contributed by atoms with van der Waals surface area (Å²) >= 11 is 1.11. The van der Waals surface area contributed by atoms with Crippen molar-refractivity contribution in [2.24, 2.45) is 5.73 Å². The molecule has 1 atom stereocenters. The van der Waals surface area contributed by atoms with Crippen LogP contribution in [0.2, 0.25) is 0 Å². The minimum Gasteiger partial charge on any atom is -0.411 e. The van der Waals surface area contributed by atoms with Crippen LogP contribution in [-0.2, 0) is 4.79 Å². The first kappa shape index (κ1) is 13.1. The third kappa shape index (κ3) is 3.11. The Balaban J connectivity index is 2.16. The predicted molar refractivity (Wildman–Crippen MR) is 69.0 cm³/mol. The summed E-state index contributed by atoms with van der Waals surface area (Å²) in [6.45, 7) is 1.67. The van der Waals surface area contributed by atoms with E-state index in [2.05, 4.69) is 10.2 Å². The Morgan fingerprint density at radius 2 is 2.11 bits per heavy atom. The minimum absolute atomic E-state index is 0.283. The molecule has 0 saturated heterocycles. The summed E-state index contributed by atoms with van der Waals surface area (Å²) in [7, 11) is 0. The van der Waals surface area contributed by atoms with Gasteiger partial charge in [0, 0.05) is 5.56 Å². The Hall–Kier alpha value is -2.33. The maximum absolute atomic E-state index is 10.9. The van der Waals surface area contributed by atoms with Crippen molar-refractivity contribution in [2.75, 3.05) is 0 Å². The molecule has 1 aromatic carbocycles. The molecule has 2 rings (SSSR count). The van der Waals surface area contributed by atoms with Crippen LogP contribution < -0.4 is 5.73 Å². The van der Waals surface area contributed by atoms with Crippen LogP contribution in [0.1, 0.15) is 12.5 Å². The van der Waals surface area contributed by atoms with Crippen LogP contribution in [-0.4, -0.2) is 21.4 Å². The second-order valence-corrected chi connectivity index (χ2v) is 5.02. The highest BCUT2D eigenvalue weighted by Crippen LogP contribution is 2.25. The molecule has 1 aromatic heterocycles. The van der Waals surface area contributed by atoms with Gasteiger partial charge in [-0.1, -0.05) is 11.8 Å². The van der Waals surface area contributed by atoms with Crippen molar-refractivity contribution >= 4 is 17.7 Å². The molecule has 0 spiro atoms. The fourth-order valence-corrected chi connectivity index (χ4v) is 1.90. The van der Waals surface area contributed by atoms with E-state index in [-0.39, 0.29) is 5.22 Å². The summed E-state index contributed by atoms with van der Waals surface area (Å²) < 4.78 is 5.41. The molecule has 19 heavy (non-hydrogen) atoms. The van der Waals surface area contributed by atoms with Crippen molar-refractivity contribution in [3.05, 3.63) is 29.8 Å². The Morgan fingerprint density at radius 3 is 2.68 bits per heavy atom. The summed E-state index contributed by atoms with van der Waals surface area (Å²) in [6, 6.07) is 8.80. The van der Waals surface area contributed by atoms with Gasteiger partial charge in [0.25, 0.3) is 5.22 Å². The molecule has 0 saturated carbocycles. The van der Waals surface area contributed by atoms with E-state index in [1.807, 2.05) is 6.07 Å². The number of carbonyl (C=O) groups excluding carboxylic acids is 1. The van der Waals surface area contributed by atoms with E-state index in [1.165, 1.54) is 0 Å². The van der Waals surface area contributed by atoms with E-state index in [4.69, 9.17) is 15.4 Å². The number of amides is 1. The van der Waals surface area contributed by atoms with Crippen LogP contribution in [0.4, 0.5) is 0 Å². The van der Waals surface area contributed by atoms with Crippen LogP contribution in [0.3, 0.4) is 0 Å². The molecule has 0 bridgehead atoms. The van der Waals surface area contributed by atoms with Crippen LogP contribution in [0.25, 0.3) is 11.5 Å². The van der Waals surface area contributed by atoms with Gasteiger partial charge in [-0.25, -0.2) is 0 Å². The quantitative estimate of drug-likeness (QED) is 0.848. The average molecular weight is 274 g/mol. The van der Waals surface area contributed by atoms with Gasteiger partial charge in [-0.15, -0.1) is 10.2 Å². The Morgan fingerprint density at radius 1 is 1.42 bits per heavy atom.